The second-order valence-corrected chi connectivity index (χ2v) is 6.14. The van der Waals surface area contributed by atoms with E-state index < -0.39 is 0 Å². The Morgan fingerprint density at radius 3 is 2.95 bits per heavy atom. The van der Waals surface area contributed by atoms with Crippen molar-refractivity contribution in [3.05, 3.63) is 39.3 Å². The van der Waals surface area contributed by atoms with Gasteiger partial charge in [-0.05, 0) is 53.5 Å². The zero-order valence-corrected chi connectivity index (χ0v) is 13.6. The Balaban J connectivity index is 1.99. The molecule has 0 fully saturated rings. The first-order valence-corrected chi connectivity index (χ1v) is 8.04. The predicted molar refractivity (Wildman–Crippen MR) is 86.3 cm³/mol. The van der Waals surface area contributed by atoms with Gasteiger partial charge in [0, 0.05) is 16.4 Å². The average molecular weight is 340 g/mol. The lowest BCUT2D eigenvalue weighted by atomic mass is 10.2. The fourth-order valence-corrected chi connectivity index (χ4v) is 2.99. The maximum Gasteiger partial charge on any atom is 0.187 e. The van der Waals surface area contributed by atoms with Gasteiger partial charge in [0.1, 0.15) is 0 Å². The van der Waals surface area contributed by atoms with Crippen LogP contribution < -0.4 is 10.6 Å². The first kappa shape index (κ1) is 14.5. The number of nitrogens with one attached hydrogen (secondary N) is 2. The van der Waals surface area contributed by atoms with Crippen molar-refractivity contribution in [2.75, 3.05) is 11.9 Å². The summed E-state index contributed by atoms with van der Waals surface area (Å²) in [6.45, 7) is 6.11. The number of rotatable bonds is 6. The van der Waals surface area contributed by atoms with Gasteiger partial charge in [-0.3, -0.25) is 0 Å². The maximum atomic E-state index is 4.56. The van der Waals surface area contributed by atoms with Gasteiger partial charge < -0.3 is 10.6 Å². The number of aryl methyl sites for hydroxylation is 1. The van der Waals surface area contributed by atoms with Crippen molar-refractivity contribution in [1.29, 1.82) is 0 Å². The van der Waals surface area contributed by atoms with Crippen molar-refractivity contribution in [1.82, 2.24) is 10.3 Å². The van der Waals surface area contributed by atoms with E-state index in [-0.39, 0.29) is 0 Å². The number of nitrogens with zero attached hydrogens (tertiary/aromatic N) is 1. The lowest BCUT2D eigenvalue weighted by Gasteiger charge is -2.06. The van der Waals surface area contributed by atoms with E-state index in [9.17, 15) is 0 Å². The van der Waals surface area contributed by atoms with E-state index in [2.05, 4.69) is 69.0 Å². The lowest BCUT2D eigenvalue weighted by molar-refractivity contribution is 0.667. The van der Waals surface area contributed by atoms with Crippen LogP contribution in [0, 0.1) is 6.92 Å². The molecule has 0 aliphatic carbocycles. The fraction of sp³-hybridized carbons (Fsp3) is 0.357. The summed E-state index contributed by atoms with van der Waals surface area (Å²) >= 11 is 5.20. The monoisotopic (exact) mass is 339 g/mol. The second kappa shape index (κ2) is 7.03. The van der Waals surface area contributed by atoms with Crippen molar-refractivity contribution in [2.24, 2.45) is 0 Å². The van der Waals surface area contributed by atoms with Gasteiger partial charge in [-0.2, -0.15) is 0 Å². The Labute approximate surface area is 126 Å². The molecule has 2 rings (SSSR count). The predicted octanol–water partition coefficient (Wildman–Crippen LogP) is 4.46. The molecule has 3 nitrogen and oxygen atoms in total. The SMILES string of the molecule is CCCNCc1csc(Nc2ccc(C)cc2Br)n1. The molecule has 0 spiro atoms. The summed E-state index contributed by atoms with van der Waals surface area (Å²) in [6, 6.07) is 6.25. The lowest BCUT2D eigenvalue weighted by Crippen LogP contribution is -2.13. The second-order valence-electron chi connectivity index (χ2n) is 4.43. The molecule has 0 radical (unpaired) electrons. The molecule has 0 saturated heterocycles. The molecule has 0 amide bonds. The number of hydrogen-bond donors (Lipinski definition) is 2. The topological polar surface area (TPSA) is 37.0 Å². The number of halogens is 1. The van der Waals surface area contributed by atoms with Gasteiger partial charge in [0.2, 0.25) is 0 Å². The van der Waals surface area contributed by atoms with Gasteiger partial charge in [0.15, 0.2) is 5.13 Å². The number of aromatic nitrogens is 1. The van der Waals surface area contributed by atoms with E-state index in [0.717, 1.165) is 40.5 Å². The summed E-state index contributed by atoms with van der Waals surface area (Å²) in [4.78, 5) is 4.56. The first-order valence-electron chi connectivity index (χ1n) is 6.37. The van der Waals surface area contributed by atoms with E-state index in [1.54, 1.807) is 11.3 Å². The van der Waals surface area contributed by atoms with Crippen molar-refractivity contribution >= 4 is 38.1 Å². The number of anilines is 2. The molecule has 2 aromatic rings. The molecule has 0 unspecified atom stereocenters. The van der Waals surface area contributed by atoms with Crippen LogP contribution in [-0.4, -0.2) is 11.5 Å². The van der Waals surface area contributed by atoms with Gasteiger partial charge in [-0.1, -0.05) is 13.0 Å². The van der Waals surface area contributed by atoms with Crippen LogP contribution in [0.5, 0.6) is 0 Å². The Bertz CT molecular complexity index is 539. The Morgan fingerprint density at radius 1 is 1.37 bits per heavy atom. The Hall–Kier alpha value is -0.910. The summed E-state index contributed by atoms with van der Waals surface area (Å²) in [5.41, 5.74) is 3.37. The normalized spacial score (nSPS) is 10.7. The van der Waals surface area contributed by atoms with Crippen molar-refractivity contribution < 1.29 is 0 Å². The van der Waals surface area contributed by atoms with Crippen LogP contribution in [0.2, 0.25) is 0 Å². The number of thiazole rings is 1. The third-order valence-electron chi connectivity index (χ3n) is 2.65. The summed E-state index contributed by atoms with van der Waals surface area (Å²) in [5, 5.41) is 9.72. The molecule has 2 N–H and O–H groups in total. The molecule has 102 valence electrons. The summed E-state index contributed by atoms with van der Waals surface area (Å²) < 4.78 is 1.06. The zero-order chi connectivity index (χ0) is 13.7. The minimum atomic E-state index is 0.834. The molecule has 0 aliphatic rings. The summed E-state index contributed by atoms with van der Waals surface area (Å²) in [5.74, 6) is 0. The van der Waals surface area contributed by atoms with Gasteiger partial charge in [-0.25, -0.2) is 4.98 Å². The van der Waals surface area contributed by atoms with Gasteiger partial charge >= 0.3 is 0 Å². The maximum absolute atomic E-state index is 4.56. The highest BCUT2D eigenvalue weighted by atomic mass is 79.9. The van der Waals surface area contributed by atoms with Crippen LogP contribution in [0.1, 0.15) is 24.6 Å². The molecule has 0 aliphatic heterocycles. The molecule has 1 aromatic heterocycles. The Kier molecular flexibility index (Phi) is 5.36. The summed E-state index contributed by atoms with van der Waals surface area (Å²) in [7, 11) is 0. The first-order chi connectivity index (χ1) is 9.19. The molecule has 1 heterocycles. The molecule has 5 heteroatoms. The molecule has 1 aromatic carbocycles. The van der Waals surface area contributed by atoms with Crippen LogP contribution in [0.4, 0.5) is 10.8 Å². The Morgan fingerprint density at radius 2 is 2.21 bits per heavy atom. The number of benzene rings is 1. The quantitative estimate of drug-likeness (QED) is 0.763. The molecular formula is C14H18BrN3S. The fourth-order valence-electron chi connectivity index (χ4n) is 1.68. The van der Waals surface area contributed by atoms with E-state index >= 15 is 0 Å². The third kappa shape index (κ3) is 4.30. The van der Waals surface area contributed by atoms with Gasteiger partial charge in [0.05, 0.1) is 11.4 Å². The van der Waals surface area contributed by atoms with Crippen molar-refractivity contribution in [2.45, 2.75) is 26.8 Å². The highest BCUT2D eigenvalue weighted by Crippen LogP contribution is 2.28. The van der Waals surface area contributed by atoms with Crippen LogP contribution in [0.3, 0.4) is 0 Å². The minimum absolute atomic E-state index is 0.834. The zero-order valence-electron chi connectivity index (χ0n) is 11.2. The largest absolute Gasteiger partial charge is 0.331 e. The van der Waals surface area contributed by atoms with E-state index in [0.29, 0.717) is 0 Å². The van der Waals surface area contributed by atoms with E-state index in [1.165, 1.54) is 5.56 Å². The van der Waals surface area contributed by atoms with Crippen molar-refractivity contribution in [3.63, 3.8) is 0 Å². The smallest absolute Gasteiger partial charge is 0.187 e. The minimum Gasteiger partial charge on any atom is -0.331 e. The molecule has 0 bridgehead atoms. The molecule has 0 saturated carbocycles. The highest BCUT2D eigenvalue weighted by Gasteiger charge is 2.04. The van der Waals surface area contributed by atoms with Crippen LogP contribution in [-0.2, 0) is 6.54 Å². The summed E-state index contributed by atoms with van der Waals surface area (Å²) in [6.07, 6.45) is 1.14. The average Bonchev–Trinajstić information content (AvgIpc) is 2.81. The van der Waals surface area contributed by atoms with Gasteiger partial charge in [0.25, 0.3) is 0 Å². The van der Waals surface area contributed by atoms with E-state index in [4.69, 9.17) is 0 Å². The van der Waals surface area contributed by atoms with Crippen LogP contribution >= 0.6 is 27.3 Å². The molecule has 19 heavy (non-hydrogen) atoms. The highest BCUT2D eigenvalue weighted by molar-refractivity contribution is 9.10. The third-order valence-corrected chi connectivity index (χ3v) is 4.11. The molecule has 0 atom stereocenters. The van der Waals surface area contributed by atoms with Gasteiger partial charge in [-0.15, -0.1) is 11.3 Å². The standard InChI is InChI=1S/C14H18BrN3S/c1-3-6-16-8-11-9-19-14(17-11)18-13-5-4-10(2)7-12(13)15/h4-5,7,9,16H,3,6,8H2,1-2H3,(H,17,18). The molecular weight excluding hydrogens is 322 g/mol. The number of hydrogen-bond acceptors (Lipinski definition) is 4. The van der Waals surface area contributed by atoms with Crippen LogP contribution in [0.25, 0.3) is 0 Å². The van der Waals surface area contributed by atoms with E-state index in [1.807, 2.05) is 0 Å². The van der Waals surface area contributed by atoms with Crippen LogP contribution in [0.15, 0.2) is 28.1 Å². The van der Waals surface area contributed by atoms with Crippen molar-refractivity contribution in [3.8, 4) is 0 Å².